The molecular formula is C25H22N4O3S. The maximum absolute atomic E-state index is 12.7. The van der Waals surface area contributed by atoms with Crippen molar-refractivity contribution in [3.8, 4) is 11.1 Å². The van der Waals surface area contributed by atoms with Gasteiger partial charge in [-0.2, -0.15) is 0 Å². The van der Waals surface area contributed by atoms with Gasteiger partial charge in [-0.25, -0.2) is 0 Å². The number of fused-ring (bicyclic) bond motifs is 3. The smallest absolute Gasteiger partial charge is 0.293 e. The fourth-order valence-electron chi connectivity index (χ4n) is 4.60. The molecule has 0 spiro atoms. The first kappa shape index (κ1) is 21.1. The van der Waals surface area contributed by atoms with E-state index in [0.29, 0.717) is 5.69 Å². The number of hydrogen-bond acceptors (Lipinski definition) is 5. The molecule has 1 heterocycles. The lowest BCUT2D eigenvalue weighted by atomic mass is 10.1. The van der Waals surface area contributed by atoms with Gasteiger partial charge < -0.3 is 10.2 Å². The van der Waals surface area contributed by atoms with Crippen molar-refractivity contribution in [2.24, 2.45) is 0 Å². The number of rotatable bonds is 4. The lowest BCUT2D eigenvalue weighted by molar-refractivity contribution is -0.384. The molecule has 2 aliphatic rings. The summed E-state index contributed by atoms with van der Waals surface area (Å²) in [4.78, 5) is 25.9. The highest BCUT2D eigenvalue weighted by Crippen LogP contribution is 2.37. The first-order valence-corrected chi connectivity index (χ1v) is 11.3. The maximum Gasteiger partial charge on any atom is 0.293 e. The summed E-state index contributed by atoms with van der Waals surface area (Å²) in [6, 6.07) is 18.9. The predicted octanol–water partition coefficient (Wildman–Crippen LogP) is 4.89. The molecule has 0 radical (unpaired) electrons. The molecule has 1 fully saturated rings. The zero-order valence-corrected chi connectivity index (χ0v) is 18.7. The number of thiocarbonyl (C=S) groups is 1. The van der Waals surface area contributed by atoms with Gasteiger partial charge >= 0.3 is 0 Å². The van der Waals surface area contributed by atoms with Gasteiger partial charge in [0.1, 0.15) is 5.69 Å². The van der Waals surface area contributed by atoms with E-state index in [1.165, 1.54) is 28.3 Å². The molecule has 0 aromatic heterocycles. The lowest BCUT2D eigenvalue weighted by Gasteiger charge is -2.18. The minimum Gasteiger partial charge on any atom is -0.366 e. The molecule has 2 N–H and O–H groups in total. The number of hydrogen-bond donors (Lipinski definition) is 2. The van der Waals surface area contributed by atoms with E-state index >= 15 is 0 Å². The van der Waals surface area contributed by atoms with Crippen LogP contribution in [0.1, 0.15) is 34.3 Å². The van der Waals surface area contributed by atoms with Crippen LogP contribution in [0.25, 0.3) is 11.1 Å². The number of nitro groups is 1. The second-order valence-corrected chi connectivity index (χ2v) is 8.68. The zero-order valence-electron chi connectivity index (χ0n) is 17.8. The Morgan fingerprint density at radius 1 is 0.970 bits per heavy atom. The summed E-state index contributed by atoms with van der Waals surface area (Å²) in [7, 11) is 0. The number of carbonyl (C=O) groups is 1. The van der Waals surface area contributed by atoms with Crippen LogP contribution >= 0.6 is 12.2 Å². The molecule has 1 saturated heterocycles. The Bertz CT molecular complexity index is 1280. The Kier molecular flexibility index (Phi) is 5.51. The van der Waals surface area contributed by atoms with Crippen LogP contribution in [-0.2, 0) is 6.42 Å². The standard InChI is InChI=1S/C25H22N4O3S/c30-24(17-7-10-22(23(15-17)29(31)32)28-11-3-4-12-28)27-25(33)26-19-8-9-21-18(14-19)13-16-5-1-2-6-20(16)21/h1-2,5-10,14-15H,3-4,11-13H2,(H2,26,27,30,33). The Labute approximate surface area is 196 Å². The quantitative estimate of drug-likeness (QED) is 0.257. The van der Waals surface area contributed by atoms with E-state index < -0.39 is 10.8 Å². The molecule has 33 heavy (non-hydrogen) atoms. The van der Waals surface area contributed by atoms with Crippen LogP contribution in [0.5, 0.6) is 0 Å². The number of nitro benzene ring substituents is 1. The Hall–Kier alpha value is -3.78. The zero-order chi connectivity index (χ0) is 22.9. The summed E-state index contributed by atoms with van der Waals surface area (Å²) in [5, 5.41) is 17.4. The minimum atomic E-state index is -0.489. The van der Waals surface area contributed by atoms with Gasteiger partial charge in [0.25, 0.3) is 11.6 Å². The van der Waals surface area contributed by atoms with Crippen molar-refractivity contribution < 1.29 is 9.72 Å². The third kappa shape index (κ3) is 4.17. The summed E-state index contributed by atoms with van der Waals surface area (Å²) in [5.41, 5.74) is 6.39. The van der Waals surface area contributed by atoms with Gasteiger partial charge in [0.05, 0.1) is 4.92 Å². The van der Waals surface area contributed by atoms with Crippen molar-refractivity contribution in [1.82, 2.24) is 5.32 Å². The van der Waals surface area contributed by atoms with Gasteiger partial charge in [-0.15, -0.1) is 0 Å². The molecule has 8 heteroatoms. The van der Waals surface area contributed by atoms with E-state index in [0.717, 1.165) is 38.0 Å². The van der Waals surface area contributed by atoms with Crippen LogP contribution in [-0.4, -0.2) is 29.0 Å². The molecular weight excluding hydrogens is 436 g/mol. The van der Waals surface area contributed by atoms with Crippen LogP contribution in [0.15, 0.2) is 60.7 Å². The molecule has 0 unspecified atom stereocenters. The van der Waals surface area contributed by atoms with Crippen molar-refractivity contribution in [2.75, 3.05) is 23.3 Å². The van der Waals surface area contributed by atoms with Crippen molar-refractivity contribution in [1.29, 1.82) is 0 Å². The molecule has 5 rings (SSSR count). The molecule has 1 amide bonds. The fraction of sp³-hybridized carbons (Fsp3) is 0.200. The predicted molar refractivity (Wildman–Crippen MR) is 133 cm³/mol. The van der Waals surface area contributed by atoms with Gasteiger partial charge in [-0.3, -0.25) is 20.2 Å². The van der Waals surface area contributed by atoms with Crippen LogP contribution in [0.4, 0.5) is 17.1 Å². The van der Waals surface area contributed by atoms with Gasteiger partial charge in [0.15, 0.2) is 5.11 Å². The number of amides is 1. The number of anilines is 2. The first-order valence-electron chi connectivity index (χ1n) is 10.9. The van der Waals surface area contributed by atoms with Gasteiger partial charge in [0.2, 0.25) is 0 Å². The topological polar surface area (TPSA) is 87.5 Å². The largest absolute Gasteiger partial charge is 0.366 e. The average Bonchev–Trinajstić information content (AvgIpc) is 3.46. The van der Waals surface area contributed by atoms with Gasteiger partial charge in [-0.1, -0.05) is 30.3 Å². The Balaban J connectivity index is 1.28. The van der Waals surface area contributed by atoms with Crippen LogP contribution in [0.2, 0.25) is 0 Å². The highest BCUT2D eigenvalue weighted by Gasteiger charge is 2.24. The third-order valence-electron chi connectivity index (χ3n) is 6.16. The van der Waals surface area contributed by atoms with Crippen molar-refractivity contribution in [2.45, 2.75) is 19.3 Å². The molecule has 0 saturated carbocycles. The van der Waals surface area contributed by atoms with Crippen LogP contribution in [0.3, 0.4) is 0 Å². The molecule has 7 nitrogen and oxygen atoms in total. The molecule has 166 valence electrons. The van der Waals surface area contributed by atoms with Crippen LogP contribution in [0, 0.1) is 10.1 Å². The fourth-order valence-corrected chi connectivity index (χ4v) is 4.81. The second kappa shape index (κ2) is 8.63. The first-order chi connectivity index (χ1) is 16.0. The second-order valence-electron chi connectivity index (χ2n) is 8.27. The van der Waals surface area contributed by atoms with E-state index in [1.807, 2.05) is 35.2 Å². The van der Waals surface area contributed by atoms with Gasteiger partial charge in [0, 0.05) is 30.4 Å². The number of benzene rings is 3. The minimum absolute atomic E-state index is 0.0679. The molecule has 1 aliphatic heterocycles. The Morgan fingerprint density at radius 2 is 1.73 bits per heavy atom. The van der Waals surface area contributed by atoms with Crippen LogP contribution < -0.4 is 15.5 Å². The summed E-state index contributed by atoms with van der Waals surface area (Å²) in [6.45, 7) is 1.57. The van der Waals surface area contributed by atoms with E-state index in [2.05, 4.69) is 22.8 Å². The monoisotopic (exact) mass is 458 g/mol. The van der Waals surface area contributed by atoms with Gasteiger partial charge in [-0.05, 0) is 78.0 Å². The average molecular weight is 459 g/mol. The van der Waals surface area contributed by atoms with E-state index in [1.54, 1.807) is 12.1 Å². The summed E-state index contributed by atoms with van der Waals surface area (Å²) in [5.74, 6) is -0.489. The van der Waals surface area contributed by atoms with Crippen molar-refractivity contribution in [3.63, 3.8) is 0 Å². The third-order valence-corrected chi connectivity index (χ3v) is 6.36. The molecule has 3 aromatic rings. The summed E-state index contributed by atoms with van der Waals surface area (Å²) in [6.07, 6.45) is 2.87. The van der Waals surface area contributed by atoms with E-state index in [-0.39, 0.29) is 16.4 Å². The highest BCUT2D eigenvalue weighted by molar-refractivity contribution is 7.80. The molecule has 1 aliphatic carbocycles. The number of nitrogens with one attached hydrogen (secondary N) is 2. The summed E-state index contributed by atoms with van der Waals surface area (Å²) >= 11 is 5.32. The maximum atomic E-state index is 12.7. The summed E-state index contributed by atoms with van der Waals surface area (Å²) < 4.78 is 0. The molecule has 0 bridgehead atoms. The highest BCUT2D eigenvalue weighted by atomic mass is 32.1. The number of carbonyl (C=O) groups excluding carboxylic acids is 1. The van der Waals surface area contributed by atoms with Crippen molar-refractivity contribution >= 4 is 40.3 Å². The Morgan fingerprint density at radius 3 is 2.52 bits per heavy atom. The number of nitrogens with zero attached hydrogens (tertiary/aromatic N) is 2. The SMILES string of the molecule is O=C(NC(=S)Nc1ccc2c(c1)Cc1ccccc1-2)c1ccc(N2CCCC2)c([N+](=O)[O-])c1. The molecule has 3 aromatic carbocycles. The normalized spacial score (nSPS) is 13.9. The lowest BCUT2D eigenvalue weighted by Crippen LogP contribution is -2.34. The van der Waals surface area contributed by atoms with E-state index in [9.17, 15) is 14.9 Å². The molecule has 0 atom stereocenters. The van der Waals surface area contributed by atoms with Crippen molar-refractivity contribution in [3.05, 3.63) is 87.5 Å². The van der Waals surface area contributed by atoms with E-state index in [4.69, 9.17) is 12.2 Å².